The minimum Gasteiger partial charge on any atom is -0.464 e. The molecule has 230 valence electrons. The molecule has 12 heteroatoms. The molecule has 0 saturated carbocycles. The lowest BCUT2D eigenvalue weighted by molar-refractivity contribution is -0.888. The van der Waals surface area contributed by atoms with Crippen LogP contribution in [0.15, 0.2) is 0 Å². The smallest absolute Gasteiger partial charge is 0.309 e. The molecular formula is C28H51N3O8S+2. The predicted octanol–water partition coefficient (Wildman–Crippen LogP) is 1.58. The van der Waals surface area contributed by atoms with Crippen molar-refractivity contribution in [3.63, 3.8) is 0 Å². The van der Waals surface area contributed by atoms with Gasteiger partial charge in [-0.25, -0.2) is 0 Å². The summed E-state index contributed by atoms with van der Waals surface area (Å²) in [6, 6.07) is 0. The van der Waals surface area contributed by atoms with E-state index in [2.05, 4.69) is 21.0 Å². The molecule has 0 aliphatic carbocycles. The summed E-state index contributed by atoms with van der Waals surface area (Å²) >= 11 is 1.32. The number of carbonyl (C=O) groups excluding carboxylic acids is 5. The topological polar surface area (TPSA) is 116 Å². The van der Waals surface area contributed by atoms with Crippen LogP contribution in [0.3, 0.4) is 0 Å². The van der Waals surface area contributed by atoms with Gasteiger partial charge in [0.2, 0.25) is 11.8 Å². The Morgan fingerprint density at radius 3 is 1.85 bits per heavy atom. The Kier molecular flexibility index (Phi) is 14.6. The molecule has 1 saturated heterocycles. The number of thioether (sulfide) groups is 1. The molecule has 0 bridgehead atoms. The van der Waals surface area contributed by atoms with E-state index < -0.39 is 34.9 Å². The van der Waals surface area contributed by atoms with Gasteiger partial charge < -0.3 is 23.2 Å². The first kappa shape index (κ1) is 35.8. The van der Waals surface area contributed by atoms with E-state index in [-0.39, 0.29) is 63.4 Å². The number of nitrogens with zero attached hydrogens (tertiary/aromatic N) is 3. The monoisotopic (exact) mass is 589 g/mol. The summed E-state index contributed by atoms with van der Waals surface area (Å²) in [5.41, 5.74) is 0. The van der Waals surface area contributed by atoms with Crippen LogP contribution >= 0.6 is 11.8 Å². The lowest BCUT2D eigenvalue weighted by atomic mass is 9.88. The number of likely N-dealkylation sites (tertiary alicyclic amines) is 1. The zero-order chi connectivity index (χ0) is 30.7. The highest BCUT2D eigenvalue weighted by atomic mass is 32.2. The molecular weight excluding hydrogens is 538 g/mol. The summed E-state index contributed by atoms with van der Waals surface area (Å²) < 4.78 is 17.7. The van der Waals surface area contributed by atoms with Crippen LogP contribution in [0.1, 0.15) is 40.0 Å². The lowest BCUT2D eigenvalue weighted by Gasteiger charge is -2.28. The summed E-state index contributed by atoms with van der Waals surface area (Å²) in [4.78, 5) is 63.9. The van der Waals surface area contributed by atoms with Crippen LogP contribution in [-0.2, 0) is 38.2 Å². The molecule has 0 spiro atoms. The van der Waals surface area contributed by atoms with Crippen LogP contribution in [0.5, 0.6) is 0 Å². The van der Waals surface area contributed by atoms with Crippen LogP contribution in [0, 0.1) is 17.8 Å². The van der Waals surface area contributed by atoms with Crippen molar-refractivity contribution in [3.05, 3.63) is 0 Å². The number of esters is 3. The van der Waals surface area contributed by atoms with Crippen molar-refractivity contribution in [1.29, 1.82) is 0 Å². The van der Waals surface area contributed by atoms with E-state index in [0.717, 1.165) is 15.9 Å². The molecule has 1 rings (SSSR count). The summed E-state index contributed by atoms with van der Waals surface area (Å²) in [6.45, 7) is 8.02. The van der Waals surface area contributed by atoms with E-state index in [1.54, 1.807) is 20.1 Å². The number of quaternary nitrogens is 2. The highest BCUT2D eigenvalue weighted by Crippen LogP contribution is 2.25. The maximum Gasteiger partial charge on any atom is 0.309 e. The summed E-state index contributed by atoms with van der Waals surface area (Å²) in [5.74, 6) is -3.87. The number of imide groups is 1. The van der Waals surface area contributed by atoms with E-state index in [9.17, 15) is 24.0 Å². The van der Waals surface area contributed by atoms with E-state index >= 15 is 0 Å². The zero-order valence-electron chi connectivity index (χ0n) is 25.9. The number of ether oxygens (including phenoxy) is 3. The second-order valence-electron chi connectivity index (χ2n) is 12.3. The van der Waals surface area contributed by atoms with Crippen LogP contribution in [0.25, 0.3) is 0 Å². The van der Waals surface area contributed by atoms with Crippen molar-refractivity contribution in [2.75, 3.05) is 87.5 Å². The van der Waals surface area contributed by atoms with Gasteiger partial charge in [-0.05, 0) is 26.0 Å². The standard InChI is InChI=1S/C28H51N3O8S/c1-10-31(7,8)13-16-38-27(35)21(3)18-22(28(36)39-15-12-30(4,5)6)17-20(2)26(34)37-14-11-29-24(32)19-23(40-9)25(29)33/h20-23H,10-19H2,1-9H3/q+2. The number of carbonyl (C=O) groups is 5. The molecule has 1 fully saturated rings. The van der Waals surface area contributed by atoms with Crippen molar-refractivity contribution < 1.29 is 47.1 Å². The fraction of sp³-hybridized carbons (Fsp3) is 0.821. The minimum absolute atomic E-state index is 0.000135. The van der Waals surface area contributed by atoms with Gasteiger partial charge in [0.05, 0.1) is 71.3 Å². The van der Waals surface area contributed by atoms with Crippen LogP contribution in [0.2, 0.25) is 0 Å². The summed E-state index contributed by atoms with van der Waals surface area (Å²) in [7, 11) is 10.1. The van der Waals surface area contributed by atoms with Gasteiger partial charge in [0.25, 0.3) is 0 Å². The van der Waals surface area contributed by atoms with E-state index in [1.807, 2.05) is 21.1 Å². The molecule has 0 radical (unpaired) electrons. The Balaban J connectivity index is 2.74. The Hall–Kier alpha value is -2.18. The first-order chi connectivity index (χ1) is 18.5. The molecule has 1 aliphatic heterocycles. The molecule has 40 heavy (non-hydrogen) atoms. The molecule has 4 unspecified atom stereocenters. The highest BCUT2D eigenvalue weighted by molar-refractivity contribution is 8.00. The fourth-order valence-electron chi connectivity index (χ4n) is 4.02. The Bertz CT molecular complexity index is 889. The minimum atomic E-state index is -0.704. The normalized spacial score (nSPS) is 18.3. The molecule has 2 amide bonds. The second kappa shape index (κ2) is 16.3. The quantitative estimate of drug-likeness (QED) is 0.102. The van der Waals surface area contributed by atoms with Crippen molar-refractivity contribution in [3.8, 4) is 0 Å². The third kappa shape index (κ3) is 12.6. The van der Waals surface area contributed by atoms with Crippen molar-refractivity contribution in [2.24, 2.45) is 17.8 Å². The SMILES string of the molecule is CC[N+](C)(C)CCOC(=O)C(C)CC(CC(C)C(=O)OCCN1C(=O)CC(SC)C1=O)C(=O)OCC[N+](C)(C)C. The van der Waals surface area contributed by atoms with Gasteiger partial charge in [-0.2, -0.15) is 11.8 Å². The predicted molar refractivity (Wildman–Crippen MR) is 153 cm³/mol. The molecule has 0 aromatic heterocycles. The molecule has 0 aromatic carbocycles. The number of rotatable bonds is 18. The van der Waals surface area contributed by atoms with Crippen LogP contribution in [0.4, 0.5) is 0 Å². The summed E-state index contributed by atoms with van der Waals surface area (Å²) in [5, 5.41) is -0.392. The van der Waals surface area contributed by atoms with E-state index in [1.165, 1.54) is 11.8 Å². The van der Waals surface area contributed by atoms with Gasteiger partial charge in [-0.1, -0.05) is 13.8 Å². The lowest BCUT2D eigenvalue weighted by Crippen LogP contribution is -2.42. The average Bonchev–Trinajstić information content (AvgIpc) is 3.14. The van der Waals surface area contributed by atoms with Crippen molar-refractivity contribution in [2.45, 2.75) is 45.3 Å². The maximum atomic E-state index is 13.0. The van der Waals surface area contributed by atoms with Gasteiger partial charge in [-0.15, -0.1) is 0 Å². The first-order valence-corrected chi connectivity index (χ1v) is 15.3. The van der Waals surface area contributed by atoms with E-state index in [4.69, 9.17) is 14.2 Å². The van der Waals surface area contributed by atoms with Crippen molar-refractivity contribution in [1.82, 2.24) is 4.90 Å². The van der Waals surface area contributed by atoms with Gasteiger partial charge in [0.1, 0.15) is 32.9 Å². The number of hydrogen-bond donors (Lipinski definition) is 0. The summed E-state index contributed by atoms with van der Waals surface area (Å²) in [6.07, 6.45) is 2.24. The zero-order valence-corrected chi connectivity index (χ0v) is 26.7. The van der Waals surface area contributed by atoms with Crippen LogP contribution < -0.4 is 0 Å². The Morgan fingerprint density at radius 1 is 0.875 bits per heavy atom. The highest BCUT2D eigenvalue weighted by Gasteiger charge is 2.38. The molecule has 0 aromatic rings. The van der Waals surface area contributed by atoms with Gasteiger partial charge in [-0.3, -0.25) is 28.9 Å². The second-order valence-corrected chi connectivity index (χ2v) is 13.3. The van der Waals surface area contributed by atoms with Gasteiger partial charge >= 0.3 is 17.9 Å². The largest absolute Gasteiger partial charge is 0.464 e. The number of hydrogen-bond acceptors (Lipinski definition) is 9. The third-order valence-corrected chi connectivity index (χ3v) is 8.20. The molecule has 1 aliphatic rings. The number of amides is 2. The number of likely N-dealkylation sites (N-methyl/N-ethyl adjacent to an activating group) is 2. The molecule has 0 N–H and O–H groups in total. The fourth-order valence-corrected chi connectivity index (χ4v) is 4.66. The molecule has 4 atom stereocenters. The average molecular weight is 590 g/mol. The van der Waals surface area contributed by atoms with Gasteiger partial charge in [0.15, 0.2) is 0 Å². The van der Waals surface area contributed by atoms with Crippen molar-refractivity contribution >= 4 is 41.5 Å². The molecule has 11 nitrogen and oxygen atoms in total. The Labute approximate surface area is 244 Å². The third-order valence-electron chi connectivity index (χ3n) is 7.26. The maximum absolute atomic E-state index is 13.0. The van der Waals surface area contributed by atoms with E-state index in [0.29, 0.717) is 17.6 Å². The molecule has 1 heterocycles. The Morgan fingerprint density at radius 2 is 1.38 bits per heavy atom. The first-order valence-electron chi connectivity index (χ1n) is 14.0. The van der Waals surface area contributed by atoms with Gasteiger partial charge in [0, 0.05) is 6.42 Å². The van der Waals surface area contributed by atoms with Crippen LogP contribution in [-0.4, -0.2) is 136 Å².